The molecule has 18 heavy (non-hydrogen) atoms. The summed E-state index contributed by atoms with van der Waals surface area (Å²) in [6.45, 7) is 6.96. The van der Waals surface area contributed by atoms with Crippen molar-refractivity contribution in [2.24, 2.45) is 5.92 Å². The zero-order valence-corrected chi connectivity index (χ0v) is 11.2. The van der Waals surface area contributed by atoms with Crippen LogP contribution in [-0.4, -0.2) is 25.7 Å². The minimum atomic E-state index is -0.0895. The van der Waals surface area contributed by atoms with E-state index in [9.17, 15) is 0 Å². The van der Waals surface area contributed by atoms with Gasteiger partial charge in [0, 0.05) is 18.8 Å². The molecule has 2 atom stereocenters. The number of benzene rings is 1. The van der Waals surface area contributed by atoms with E-state index < -0.39 is 0 Å². The standard InChI is InChI=1S/C15H21N3/c1-3-17-14(9-16)11-18-10-12(2)8-13-6-4-5-7-15(13)18/h4-7,12,14,17H,3,8,10-11H2,1-2H3. The number of rotatable bonds is 4. The fourth-order valence-electron chi connectivity index (χ4n) is 2.70. The quantitative estimate of drug-likeness (QED) is 0.881. The number of nitrogens with zero attached hydrogens (tertiary/aromatic N) is 2. The van der Waals surface area contributed by atoms with Crippen molar-refractivity contribution in [2.45, 2.75) is 26.3 Å². The van der Waals surface area contributed by atoms with Gasteiger partial charge in [0.05, 0.1) is 6.07 Å². The predicted molar refractivity (Wildman–Crippen MR) is 74.6 cm³/mol. The minimum Gasteiger partial charge on any atom is -0.368 e. The third-order valence-corrected chi connectivity index (χ3v) is 3.44. The lowest BCUT2D eigenvalue weighted by Gasteiger charge is -2.36. The van der Waals surface area contributed by atoms with Gasteiger partial charge in [0.25, 0.3) is 0 Å². The molecule has 3 nitrogen and oxygen atoms in total. The van der Waals surface area contributed by atoms with Crippen LogP contribution in [0.15, 0.2) is 24.3 Å². The fourth-order valence-corrected chi connectivity index (χ4v) is 2.70. The lowest BCUT2D eigenvalue weighted by Crippen LogP contribution is -2.44. The summed E-state index contributed by atoms with van der Waals surface area (Å²) in [7, 11) is 0. The zero-order valence-electron chi connectivity index (χ0n) is 11.2. The van der Waals surface area contributed by atoms with Gasteiger partial charge in [-0.25, -0.2) is 0 Å². The molecule has 1 aliphatic heterocycles. The SMILES string of the molecule is CCNC(C#N)CN1CC(C)Cc2ccccc21. The highest BCUT2D eigenvalue weighted by atomic mass is 15.2. The number of para-hydroxylation sites is 1. The Bertz CT molecular complexity index is 436. The average molecular weight is 243 g/mol. The van der Waals surface area contributed by atoms with Crippen LogP contribution in [0.5, 0.6) is 0 Å². The number of anilines is 1. The molecular weight excluding hydrogens is 222 g/mol. The highest BCUT2D eigenvalue weighted by Crippen LogP contribution is 2.29. The first-order valence-electron chi connectivity index (χ1n) is 6.70. The van der Waals surface area contributed by atoms with Gasteiger partial charge in [-0.15, -0.1) is 0 Å². The van der Waals surface area contributed by atoms with E-state index in [1.807, 2.05) is 6.92 Å². The van der Waals surface area contributed by atoms with Crippen LogP contribution in [0, 0.1) is 17.2 Å². The van der Waals surface area contributed by atoms with E-state index in [1.54, 1.807) is 0 Å². The van der Waals surface area contributed by atoms with Crippen molar-refractivity contribution in [3.05, 3.63) is 29.8 Å². The van der Waals surface area contributed by atoms with Gasteiger partial charge in [-0.05, 0) is 30.5 Å². The monoisotopic (exact) mass is 243 g/mol. The normalized spacial score (nSPS) is 20.1. The zero-order chi connectivity index (χ0) is 13.0. The second-order valence-corrected chi connectivity index (χ2v) is 5.08. The molecule has 0 aliphatic carbocycles. The van der Waals surface area contributed by atoms with Crippen LogP contribution >= 0.6 is 0 Å². The highest BCUT2D eigenvalue weighted by molar-refractivity contribution is 5.56. The maximum atomic E-state index is 9.16. The van der Waals surface area contributed by atoms with Crippen molar-refractivity contribution in [3.63, 3.8) is 0 Å². The van der Waals surface area contributed by atoms with Crippen molar-refractivity contribution < 1.29 is 0 Å². The molecule has 2 rings (SSSR count). The lowest BCUT2D eigenvalue weighted by atomic mass is 9.93. The number of likely N-dealkylation sites (N-methyl/N-ethyl adjacent to an activating group) is 1. The first-order chi connectivity index (χ1) is 8.74. The number of fused-ring (bicyclic) bond motifs is 1. The summed E-state index contributed by atoms with van der Waals surface area (Å²) in [4.78, 5) is 2.35. The van der Waals surface area contributed by atoms with Crippen LogP contribution in [0.25, 0.3) is 0 Å². The van der Waals surface area contributed by atoms with Crippen molar-refractivity contribution in [3.8, 4) is 6.07 Å². The van der Waals surface area contributed by atoms with E-state index in [0.717, 1.165) is 26.1 Å². The van der Waals surface area contributed by atoms with E-state index in [4.69, 9.17) is 5.26 Å². The van der Waals surface area contributed by atoms with Crippen LogP contribution in [0.3, 0.4) is 0 Å². The summed E-state index contributed by atoms with van der Waals surface area (Å²) in [5.41, 5.74) is 2.71. The Hall–Kier alpha value is -1.53. The van der Waals surface area contributed by atoms with E-state index in [-0.39, 0.29) is 6.04 Å². The molecule has 0 aromatic heterocycles. The summed E-state index contributed by atoms with van der Waals surface area (Å²) < 4.78 is 0. The predicted octanol–water partition coefficient (Wildman–Crippen LogP) is 2.19. The first-order valence-corrected chi connectivity index (χ1v) is 6.70. The van der Waals surface area contributed by atoms with Crippen molar-refractivity contribution in [1.29, 1.82) is 5.26 Å². The van der Waals surface area contributed by atoms with Crippen molar-refractivity contribution in [2.75, 3.05) is 24.5 Å². The second kappa shape index (κ2) is 5.88. The third kappa shape index (κ3) is 2.83. The molecule has 0 saturated carbocycles. The molecule has 0 spiro atoms. The molecule has 1 aliphatic rings. The summed E-state index contributed by atoms with van der Waals surface area (Å²) in [5, 5.41) is 12.4. The van der Waals surface area contributed by atoms with Crippen LogP contribution in [0.4, 0.5) is 5.69 Å². The molecule has 96 valence electrons. The Balaban J connectivity index is 2.16. The Morgan fingerprint density at radius 2 is 2.28 bits per heavy atom. The Kier molecular flexibility index (Phi) is 4.22. The molecule has 2 unspecified atom stereocenters. The van der Waals surface area contributed by atoms with E-state index in [2.05, 4.69) is 47.5 Å². The van der Waals surface area contributed by atoms with Gasteiger partial charge in [0.15, 0.2) is 0 Å². The second-order valence-electron chi connectivity index (χ2n) is 5.08. The summed E-state index contributed by atoms with van der Waals surface area (Å²) in [6.07, 6.45) is 1.14. The minimum absolute atomic E-state index is 0.0895. The highest BCUT2D eigenvalue weighted by Gasteiger charge is 2.23. The Morgan fingerprint density at radius 3 is 3.00 bits per heavy atom. The van der Waals surface area contributed by atoms with Gasteiger partial charge in [-0.1, -0.05) is 32.0 Å². The van der Waals surface area contributed by atoms with Crippen molar-refractivity contribution >= 4 is 5.69 Å². The number of hydrogen-bond acceptors (Lipinski definition) is 3. The Morgan fingerprint density at radius 1 is 1.50 bits per heavy atom. The van der Waals surface area contributed by atoms with E-state index in [1.165, 1.54) is 11.3 Å². The molecule has 1 aromatic rings. The Labute approximate surface area is 109 Å². The van der Waals surface area contributed by atoms with Crippen LogP contribution in [0.2, 0.25) is 0 Å². The summed E-state index contributed by atoms with van der Waals surface area (Å²) >= 11 is 0. The lowest BCUT2D eigenvalue weighted by molar-refractivity contribution is 0.507. The molecule has 1 aromatic carbocycles. The van der Waals surface area contributed by atoms with Crippen molar-refractivity contribution in [1.82, 2.24) is 5.32 Å². The van der Waals surface area contributed by atoms with Gasteiger partial charge in [-0.2, -0.15) is 5.26 Å². The number of hydrogen-bond donors (Lipinski definition) is 1. The maximum Gasteiger partial charge on any atom is 0.113 e. The first kappa shape index (κ1) is 12.9. The van der Waals surface area contributed by atoms with Crippen LogP contribution < -0.4 is 10.2 Å². The molecule has 1 N–H and O–H groups in total. The average Bonchev–Trinajstić information content (AvgIpc) is 2.38. The number of nitrogens with one attached hydrogen (secondary N) is 1. The number of nitriles is 1. The molecule has 0 bridgehead atoms. The molecule has 3 heteroatoms. The largest absolute Gasteiger partial charge is 0.368 e. The topological polar surface area (TPSA) is 39.1 Å². The maximum absolute atomic E-state index is 9.16. The van der Waals surface area contributed by atoms with E-state index >= 15 is 0 Å². The third-order valence-electron chi connectivity index (χ3n) is 3.44. The van der Waals surface area contributed by atoms with Crippen LogP contribution in [0.1, 0.15) is 19.4 Å². The summed E-state index contributed by atoms with van der Waals surface area (Å²) in [6, 6.07) is 10.8. The van der Waals surface area contributed by atoms with Gasteiger partial charge in [0.2, 0.25) is 0 Å². The molecule has 0 saturated heterocycles. The molecule has 1 heterocycles. The van der Waals surface area contributed by atoms with Crippen LogP contribution in [-0.2, 0) is 6.42 Å². The molecule has 0 amide bonds. The molecule has 0 radical (unpaired) electrons. The fraction of sp³-hybridized carbons (Fsp3) is 0.533. The molecule has 0 fully saturated rings. The van der Waals surface area contributed by atoms with Gasteiger partial charge < -0.3 is 10.2 Å². The molecular formula is C15H21N3. The summed E-state index contributed by atoms with van der Waals surface area (Å²) in [5.74, 6) is 0.654. The van der Waals surface area contributed by atoms with Gasteiger partial charge >= 0.3 is 0 Å². The van der Waals surface area contributed by atoms with E-state index in [0.29, 0.717) is 5.92 Å². The van der Waals surface area contributed by atoms with Gasteiger partial charge in [0.1, 0.15) is 6.04 Å². The van der Waals surface area contributed by atoms with Gasteiger partial charge in [-0.3, -0.25) is 0 Å². The smallest absolute Gasteiger partial charge is 0.113 e.